The second-order valence-electron chi connectivity index (χ2n) is 5.82. The summed E-state index contributed by atoms with van der Waals surface area (Å²) in [6, 6.07) is 19.6. The zero-order chi connectivity index (χ0) is 15.1. The lowest BCUT2D eigenvalue weighted by Gasteiger charge is -2.24. The summed E-state index contributed by atoms with van der Waals surface area (Å²) in [6.07, 6.45) is 6.73. The maximum Gasteiger partial charge on any atom is 0.0356 e. The Bertz CT molecular complexity index is 890. The van der Waals surface area contributed by atoms with Crippen molar-refractivity contribution >= 4 is 26.7 Å². The fourth-order valence-corrected chi connectivity index (χ4v) is 4.09. The van der Waals surface area contributed by atoms with Gasteiger partial charge in [0.2, 0.25) is 0 Å². The molecule has 0 N–H and O–H groups in total. The van der Waals surface area contributed by atoms with Gasteiger partial charge in [-0.15, -0.1) is 0 Å². The van der Waals surface area contributed by atoms with Gasteiger partial charge in [0, 0.05) is 10.4 Å². The Hall–Kier alpha value is -1.86. The first-order chi connectivity index (χ1) is 10.8. The number of hydrogen-bond acceptors (Lipinski definition) is 0. The predicted octanol–water partition coefficient (Wildman–Crippen LogP) is 5.96. The molecule has 22 heavy (non-hydrogen) atoms. The van der Waals surface area contributed by atoms with Crippen LogP contribution in [0.2, 0.25) is 0 Å². The van der Waals surface area contributed by atoms with Crippen LogP contribution in [0.5, 0.6) is 0 Å². The number of halogens is 1. The topological polar surface area (TPSA) is 0 Å². The standard InChI is InChI=1S/C21H16Br/c1-14-17-9-3-2-6-15(17)12-13-18(14)19-10-4-7-16-8-5-11-20(22)21(16)19/h2-6,8-9,11-13,19H,7H2,1H3. The van der Waals surface area contributed by atoms with Crippen LogP contribution in [0.1, 0.15) is 28.2 Å². The van der Waals surface area contributed by atoms with Gasteiger partial charge in [0.15, 0.2) is 0 Å². The molecule has 3 aromatic carbocycles. The smallest absolute Gasteiger partial charge is 0.0356 e. The summed E-state index contributed by atoms with van der Waals surface area (Å²) in [5.74, 6) is 0.212. The second kappa shape index (κ2) is 5.40. The van der Waals surface area contributed by atoms with E-state index in [4.69, 9.17) is 0 Å². The third kappa shape index (κ3) is 2.12. The van der Waals surface area contributed by atoms with Crippen LogP contribution in [-0.4, -0.2) is 0 Å². The van der Waals surface area contributed by atoms with E-state index in [1.807, 2.05) is 0 Å². The Labute approximate surface area is 139 Å². The van der Waals surface area contributed by atoms with Crippen LogP contribution < -0.4 is 0 Å². The summed E-state index contributed by atoms with van der Waals surface area (Å²) in [5.41, 5.74) is 5.46. The van der Waals surface area contributed by atoms with Crippen molar-refractivity contribution < 1.29 is 0 Å². The highest BCUT2D eigenvalue weighted by Gasteiger charge is 2.22. The van der Waals surface area contributed by atoms with Gasteiger partial charge in [0.25, 0.3) is 0 Å². The van der Waals surface area contributed by atoms with E-state index in [-0.39, 0.29) is 5.92 Å². The van der Waals surface area contributed by atoms with E-state index in [0.29, 0.717) is 0 Å². The molecule has 1 unspecified atom stereocenters. The third-order valence-corrected chi connectivity index (χ3v) is 5.28. The van der Waals surface area contributed by atoms with Gasteiger partial charge in [-0.25, -0.2) is 0 Å². The lowest BCUT2D eigenvalue weighted by molar-refractivity contribution is 0.913. The molecule has 107 valence electrons. The van der Waals surface area contributed by atoms with Gasteiger partial charge in [-0.1, -0.05) is 70.5 Å². The molecule has 1 atom stereocenters. The lowest BCUT2D eigenvalue weighted by atomic mass is 9.81. The zero-order valence-electron chi connectivity index (χ0n) is 12.4. The van der Waals surface area contributed by atoms with Crippen LogP contribution in [0.4, 0.5) is 0 Å². The summed E-state index contributed by atoms with van der Waals surface area (Å²) < 4.78 is 1.18. The van der Waals surface area contributed by atoms with Gasteiger partial charge < -0.3 is 0 Å². The number of aryl methyl sites for hydroxylation is 1. The Morgan fingerprint density at radius 2 is 1.86 bits per heavy atom. The fraction of sp³-hybridized carbons (Fsp3) is 0.143. The van der Waals surface area contributed by atoms with E-state index < -0.39 is 0 Å². The Kier molecular flexibility index (Phi) is 3.38. The van der Waals surface area contributed by atoms with Crippen molar-refractivity contribution in [2.45, 2.75) is 19.3 Å². The Balaban J connectivity index is 1.95. The number of allylic oxidation sites excluding steroid dienone is 2. The SMILES string of the molecule is Cc1c(C2[C]=CCc3cccc(Br)c32)ccc2ccccc12. The van der Waals surface area contributed by atoms with Crippen molar-refractivity contribution in [3.05, 3.63) is 93.5 Å². The zero-order valence-corrected chi connectivity index (χ0v) is 14.0. The van der Waals surface area contributed by atoms with Gasteiger partial charge in [-0.05, 0) is 58.5 Å². The highest BCUT2D eigenvalue weighted by Crippen LogP contribution is 2.39. The van der Waals surface area contributed by atoms with E-state index in [9.17, 15) is 0 Å². The first kappa shape index (κ1) is 13.8. The number of benzene rings is 3. The van der Waals surface area contributed by atoms with Gasteiger partial charge in [0.1, 0.15) is 0 Å². The van der Waals surface area contributed by atoms with Crippen LogP contribution in [0.25, 0.3) is 10.8 Å². The molecule has 0 heterocycles. The third-order valence-electron chi connectivity index (χ3n) is 4.59. The molecule has 3 aromatic rings. The molecule has 4 rings (SSSR count). The molecular formula is C21H16Br. The van der Waals surface area contributed by atoms with Gasteiger partial charge in [0.05, 0.1) is 0 Å². The molecule has 1 heteroatoms. The molecular weight excluding hydrogens is 332 g/mol. The van der Waals surface area contributed by atoms with Crippen molar-refractivity contribution in [1.82, 2.24) is 0 Å². The predicted molar refractivity (Wildman–Crippen MR) is 96.2 cm³/mol. The van der Waals surface area contributed by atoms with Crippen LogP contribution in [0.15, 0.2) is 65.1 Å². The highest BCUT2D eigenvalue weighted by atomic mass is 79.9. The Morgan fingerprint density at radius 1 is 1.00 bits per heavy atom. The minimum absolute atomic E-state index is 0.212. The van der Waals surface area contributed by atoms with Crippen LogP contribution >= 0.6 is 15.9 Å². The minimum atomic E-state index is 0.212. The first-order valence-electron chi connectivity index (χ1n) is 7.59. The van der Waals surface area contributed by atoms with Crippen molar-refractivity contribution in [2.24, 2.45) is 0 Å². The van der Waals surface area contributed by atoms with Crippen molar-refractivity contribution in [2.75, 3.05) is 0 Å². The van der Waals surface area contributed by atoms with Crippen LogP contribution in [-0.2, 0) is 6.42 Å². The summed E-state index contributed by atoms with van der Waals surface area (Å²) in [6.45, 7) is 2.23. The van der Waals surface area contributed by atoms with Crippen molar-refractivity contribution in [1.29, 1.82) is 0 Å². The lowest BCUT2D eigenvalue weighted by Crippen LogP contribution is -2.09. The molecule has 1 aliphatic carbocycles. The maximum absolute atomic E-state index is 3.74. The van der Waals surface area contributed by atoms with E-state index in [2.05, 4.69) is 89.6 Å². The summed E-state index contributed by atoms with van der Waals surface area (Å²) in [5, 5.41) is 2.64. The van der Waals surface area contributed by atoms with Crippen LogP contribution in [0.3, 0.4) is 0 Å². The molecule has 1 aliphatic rings. The molecule has 1 radical (unpaired) electrons. The van der Waals surface area contributed by atoms with E-state index in [0.717, 1.165) is 6.42 Å². The molecule has 0 saturated carbocycles. The number of fused-ring (bicyclic) bond motifs is 2. The summed E-state index contributed by atoms with van der Waals surface area (Å²) >= 11 is 3.74. The van der Waals surface area contributed by atoms with Gasteiger partial charge >= 0.3 is 0 Å². The second-order valence-corrected chi connectivity index (χ2v) is 6.68. The molecule has 0 fully saturated rings. The number of rotatable bonds is 1. The monoisotopic (exact) mass is 347 g/mol. The normalized spacial score (nSPS) is 16.7. The molecule has 0 aliphatic heterocycles. The van der Waals surface area contributed by atoms with Gasteiger partial charge in [-0.3, -0.25) is 0 Å². The Morgan fingerprint density at radius 3 is 2.77 bits per heavy atom. The average Bonchev–Trinajstić information content (AvgIpc) is 2.55. The fourth-order valence-electron chi connectivity index (χ4n) is 3.45. The maximum atomic E-state index is 3.74. The molecule has 0 spiro atoms. The highest BCUT2D eigenvalue weighted by molar-refractivity contribution is 9.10. The first-order valence-corrected chi connectivity index (χ1v) is 8.38. The van der Waals surface area contributed by atoms with E-state index in [1.54, 1.807) is 0 Å². The van der Waals surface area contributed by atoms with Gasteiger partial charge in [-0.2, -0.15) is 0 Å². The van der Waals surface area contributed by atoms with E-state index in [1.165, 1.54) is 37.5 Å². The minimum Gasteiger partial charge on any atom is -0.0756 e. The summed E-state index contributed by atoms with van der Waals surface area (Å²) in [7, 11) is 0. The largest absolute Gasteiger partial charge is 0.0756 e. The van der Waals surface area contributed by atoms with Crippen molar-refractivity contribution in [3.63, 3.8) is 0 Å². The number of hydrogen-bond donors (Lipinski definition) is 0. The molecule has 0 nitrogen and oxygen atoms in total. The molecule has 0 bridgehead atoms. The van der Waals surface area contributed by atoms with E-state index >= 15 is 0 Å². The summed E-state index contributed by atoms with van der Waals surface area (Å²) in [4.78, 5) is 0. The molecule has 0 saturated heterocycles. The van der Waals surface area contributed by atoms with Crippen molar-refractivity contribution in [3.8, 4) is 0 Å². The quantitative estimate of drug-likeness (QED) is 0.509. The molecule has 0 aromatic heterocycles. The van der Waals surface area contributed by atoms with Crippen LogP contribution in [0, 0.1) is 13.0 Å². The average molecular weight is 348 g/mol. The molecule has 0 amide bonds.